The molecule has 66 valence electrons. The van der Waals surface area contributed by atoms with Gasteiger partial charge in [-0.05, 0) is 6.92 Å². The number of alkyl halides is 3. The molecule has 0 N–H and O–H groups in total. The Morgan fingerprint density at radius 1 is 1.73 bits per heavy atom. The minimum absolute atomic E-state index is 0.390. The van der Waals surface area contributed by atoms with Crippen molar-refractivity contribution in [2.45, 2.75) is 19.8 Å². The number of hydrogen-bond acceptors (Lipinski definition) is 2. The molecule has 0 amide bonds. The molecule has 0 radical (unpaired) electrons. The average Bonchev–Trinajstić information content (AvgIpc) is 1.85. The molecule has 0 heterocycles. The van der Waals surface area contributed by atoms with Crippen molar-refractivity contribution in [3.63, 3.8) is 0 Å². The van der Waals surface area contributed by atoms with Gasteiger partial charge >= 0.3 is 5.97 Å². The fourth-order valence-corrected chi connectivity index (χ4v) is 0.493. The first kappa shape index (κ1) is 10.6. The highest BCUT2D eigenvalue weighted by molar-refractivity contribution is 6.17. The molecule has 0 aromatic rings. The summed E-state index contributed by atoms with van der Waals surface area (Å²) in [7, 11) is 0. The number of carbonyl (C=O) groups excluding carboxylic acids is 1. The van der Waals surface area contributed by atoms with Gasteiger partial charge in [-0.1, -0.05) is 11.6 Å². The number of hydrogen-bond donors (Lipinski definition) is 0. The van der Waals surface area contributed by atoms with Crippen molar-refractivity contribution in [1.29, 1.82) is 0 Å². The molecule has 0 saturated heterocycles. The number of esters is 1. The predicted molar refractivity (Wildman–Crippen MR) is 36.6 cm³/mol. The molecule has 0 aromatic heterocycles. The van der Waals surface area contributed by atoms with Gasteiger partial charge in [0.1, 0.15) is 5.92 Å². The highest BCUT2D eigenvalue weighted by Gasteiger charge is 2.36. The van der Waals surface area contributed by atoms with Crippen LogP contribution >= 0.6 is 11.6 Å². The van der Waals surface area contributed by atoms with Crippen LogP contribution in [0, 0.1) is 5.92 Å². The van der Waals surface area contributed by atoms with E-state index in [2.05, 4.69) is 4.74 Å². The van der Waals surface area contributed by atoms with Gasteiger partial charge < -0.3 is 4.74 Å². The second kappa shape index (κ2) is 3.85. The van der Waals surface area contributed by atoms with E-state index in [1.165, 1.54) is 0 Å². The third-order valence-corrected chi connectivity index (χ3v) is 1.42. The van der Waals surface area contributed by atoms with Gasteiger partial charge in [-0.2, -0.15) is 0 Å². The molecule has 0 spiro atoms. The van der Waals surface area contributed by atoms with Crippen molar-refractivity contribution in [2.24, 2.45) is 5.92 Å². The maximum Gasteiger partial charge on any atom is 0.315 e. The van der Waals surface area contributed by atoms with Gasteiger partial charge in [0.2, 0.25) is 0 Å². The molecule has 0 saturated carbocycles. The van der Waals surface area contributed by atoms with E-state index in [1.807, 2.05) is 0 Å². The fraction of sp³-hybridized carbons (Fsp3) is 0.833. The number of ether oxygens (including phenoxy) is 1. The molecule has 1 atom stereocenters. The first-order chi connectivity index (χ1) is 4.89. The molecule has 0 aliphatic carbocycles. The van der Waals surface area contributed by atoms with E-state index in [0.29, 0.717) is 6.92 Å². The summed E-state index contributed by atoms with van der Waals surface area (Å²) in [6.45, 7) is 1.75. The van der Waals surface area contributed by atoms with Gasteiger partial charge in [-0.3, -0.25) is 4.79 Å². The fourth-order valence-electron chi connectivity index (χ4n) is 0.386. The van der Waals surface area contributed by atoms with E-state index < -0.39 is 17.8 Å². The maximum absolute atomic E-state index is 12.3. The molecule has 0 aliphatic rings. The third kappa shape index (κ3) is 3.51. The number of halogens is 3. The number of carbonyl (C=O) groups is 1. The Bertz CT molecular complexity index is 144. The van der Waals surface area contributed by atoms with E-state index >= 15 is 0 Å². The van der Waals surface area contributed by atoms with Crippen molar-refractivity contribution in [3.05, 3.63) is 0 Å². The lowest BCUT2D eigenvalue weighted by Crippen LogP contribution is -2.30. The van der Waals surface area contributed by atoms with Crippen LogP contribution in [0.5, 0.6) is 0 Å². The van der Waals surface area contributed by atoms with Crippen LogP contribution in [-0.4, -0.2) is 18.0 Å². The average molecular weight is 187 g/mol. The Balaban J connectivity index is 4.03. The van der Waals surface area contributed by atoms with Crippen LogP contribution < -0.4 is 0 Å². The van der Waals surface area contributed by atoms with E-state index in [1.54, 1.807) is 0 Å². The lowest BCUT2D eigenvalue weighted by molar-refractivity contribution is -0.157. The number of rotatable bonds is 3. The topological polar surface area (TPSA) is 26.3 Å². The van der Waals surface area contributed by atoms with Gasteiger partial charge in [0, 0.05) is 6.92 Å². The van der Waals surface area contributed by atoms with Crippen molar-refractivity contribution >= 4 is 17.6 Å². The smallest absolute Gasteiger partial charge is 0.315 e. The first-order valence-corrected chi connectivity index (χ1v) is 3.53. The van der Waals surface area contributed by atoms with Crippen molar-refractivity contribution in [2.75, 3.05) is 6.07 Å². The van der Waals surface area contributed by atoms with Crippen LogP contribution in [0.3, 0.4) is 0 Å². The van der Waals surface area contributed by atoms with Crippen molar-refractivity contribution < 1.29 is 18.3 Å². The Morgan fingerprint density at radius 2 is 2.18 bits per heavy atom. The van der Waals surface area contributed by atoms with Gasteiger partial charge in [0.15, 0.2) is 6.07 Å². The van der Waals surface area contributed by atoms with Gasteiger partial charge in [0.25, 0.3) is 5.92 Å². The monoisotopic (exact) mass is 186 g/mol. The highest BCUT2D eigenvalue weighted by atomic mass is 35.5. The van der Waals surface area contributed by atoms with Gasteiger partial charge in [-0.25, -0.2) is 8.78 Å². The first-order valence-electron chi connectivity index (χ1n) is 3.00. The third-order valence-electron chi connectivity index (χ3n) is 1.31. The van der Waals surface area contributed by atoms with Crippen LogP contribution in [0.15, 0.2) is 0 Å². The lowest BCUT2D eigenvalue weighted by Gasteiger charge is -2.16. The Morgan fingerprint density at radius 3 is 2.45 bits per heavy atom. The molecule has 0 bridgehead atoms. The molecule has 0 aliphatic heterocycles. The molecule has 1 unspecified atom stereocenters. The Labute approximate surface area is 68.5 Å². The van der Waals surface area contributed by atoms with Crippen LogP contribution in [0.25, 0.3) is 0 Å². The molecule has 0 aromatic carbocycles. The van der Waals surface area contributed by atoms with E-state index in [9.17, 15) is 13.6 Å². The van der Waals surface area contributed by atoms with Crippen molar-refractivity contribution in [1.82, 2.24) is 0 Å². The van der Waals surface area contributed by atoms with Gasteiger partial charge in [-0.15, -0.1) is 0 Å². The van der Waals surface area contributed by atoms with Crippen LogP contribution in [0.2, 0.25) is 0 Å². The minimum atomic E-state index is -3.05. The lowest BCUT2D eigenvalue weighted by atomic mass is 10.1. The molecular formula is C6H9ClF2O2. The molecule has 0 fully saturated rings. The van der Waals surface area contributed by atoms with Crippen molar-refractivity contribution in [3.8, 4) is 0 Å². The van der Waals surface area contributed by atoms with Crippen LogP contribution in [0.4, 0.5) is 8.78 Å². The summed E-state index contributed by atoms with van der Waals surface area (Å²) in [5.41, 5.74) is 0. The quantitative estimate of drug-likeness (QED) is 0.498. The highest BCUT2D eigenvalue weighted by Crippen LogP contribution is 2.24. The largest absolute Gasteiger partial charge is 0.449 e. The van der Waals surface area contributed by atoms with E-state index in [0.717, 1.165) is 6.92 Å². The summed E-state index contributed by atoms with van der Waals surface area (Å²) in [5.74, 6) is -5.47. The minimum Gasteiger partial charge on any atom is -0.449 e. The molecule has 11 heavy (non-hydrogen) atoms. The maximum atomic E-state index is 12.3. The molecule has 0 rings (SSSR count). The summed E-state index contributed by atoms with van der Waals surface area (Å²) in [5, 5.41) is 0. The summed E-state index contributed by atoms with van der Waals surface area (Å²) >= 11 is 5.00. The summed E-state index contributed by atoms with van der Waals surface area (Å²) in [6, 6.07) is -0.390. The van der Waals surface area contributed by atoms with E-state index in [-0.39, 0.29) is 6.07 Å². The molecule has 2 nitrogen and oxygen atoms in total. The standard InChI is InChI=1S/C6H9ClF2O2/c1-4(6(2,8)9)5(10)11-3-7/h4H,3H2,1-2H3. The Hall–Kier alpha value is -0.380. The van der Waals surface area contributed by atoms with E-state index in [4.69, 9.17) is 11.6 Å². The Kier molecular flexibility index (Phi) is 3.72. The normalized spacial score (nSPS) is 14.3. The zero-order valence-electron chi connectivity index (χ0n) is 6.23. The zero-order valence-corrected chi connectivity index (χ0v) is 6.99. The summed E-state index contributed by atoms with van der Waals surface area (Å²) in [6.07, 6.45) is 0. The van der Waals surface area contributed by atoms with Crippen LogP contribution in [0.1, 0.15) is 13.8 Å². The second-order valence-electron chi connectivity index (χ2n) is 2.25. The molecular weight excluding hydrogens is 178 g/mol. The zero-order chi connectivity index (χ0) is 9.07. The summed E-state index contributed by atoms with van der Waals surface area (Å²) in [4.78, 5) is 10.6. The predicted octanol–water partition coefficient (Wildman–Crippen LogP) is 2.02. The SMILES string of the molecule is CC(C(=O)OCCl)C(C)(F)F. The van der Waals surface area contributed by atoms with Crippen LogP contribution in [-0.2, 0) is 9.53 Å². The van der Waals surface area contributed by atoms with Gasteiger partial charge in [0.05, 0.1) is 0 Å². The second-order valence-corrected chi connectivity index (χ2v) is 2.47. The molecule has 5 heteroatoms. The summed E-state index contributed by atoms with van der Waals surface area (Å²) < 4.78 is 28.9.